The highest BCUT2D eigenvalue weighted by Crippen LogP contribution is 2.22. The maximum Gasteiger partial charge on any atom is 0.220 e. The van der Waals surface area contributed by atoms with Crippen LogP contribution in [-0.4, -0.2) is 50.0 Å². The third-order valence-electron chi connectivity index (χ3n) is 4.65. The van der Waals surface area contributed by atoms with Gasteiger partial charge in [0.15, 0.2) is 5.96 Å². The Labute approximate surface area is 192 Å². The van der Waals surface area contributed by atoms with Crippen molar-refractivity contribution in [2.24, 2.45) is 10.9 Å². The molecule has 2 rings (SSSR count). The Kier molecular flexibility index (Phi) is 11.6. The van der Waals surface area contributed by atoms with E-state index < -0.39 is 0 Å². The van der Waals surface area contributed by atoms with Crippen LogP contribution in [0.15, 0.2) is 27.7 Å². The van der Waals surface area contributed by atoms with Gasteiger partial charge in [-0.15, -0.1) is 24.0 Å². The van der Waals surface area contributed by atoms with Gasteiger partial charge in [0.1, 0.15) is 0 Å². The van der Waals surface area contributed by atoms with Gasteiger partial charge in [-0.25, -0.2) is 0 Å². The average Bonchev–Trinajstić information content (AvgIpc) is 2.64. The summed E-state index contributed by atoms with van der Waals surface area (Å²) in [6.07, 6.45) is 3.51. The van der Waals surface area contributed by atoms with Crippen molar-refractivity contribution in [1.29, 1.82) is 0 Å². The number of carbonyl (C=O) groups is 1. The Bertz CT molecular complexity index is 636. The van der Waals surface area contributed by atoms with Gasteiger partial charge in [0.25, 0.3) is 0 Å². The third-order valence-corrected chi connectivity index (χ3v) is 5.66. The van der Waals surface area contributed by atoms with Gasteiger partial charge in [0, 0.05) is 49.1 Å². The van der Waals surface area contributed by atoms with Crippen molar-refractivity contribution >= 4 is 63.4 Å². The highest BCUT2D eigenvalue weighted by atomic mass is 127. The molecular weight excluding hydrogens is 542 g/mol. The summed E-state index contributed by atoms with van der Waals surface area (Å²) in [6.45, 7) is 5.52. The number of nitrogens with zero attached hydrogens (tertiary/aromatic N) is 2. The molecule has 152 valence electrons. The van der Waals surface area contributed by atoms with Crippen molar-refractivity contribution in [3.63, 3.8) is 0 Å². The molecule has 0 aliphatic carbocycles. The highest BCUT2D eigenvalue weighted by Gasteiger charge is 2.23. The topological polar surface area (TPSA) is 56.7 Å². The molecule has 1 amide bonds. The second-order valence-electron chi connectivity index (χ2n) is 6.53. The molecule has 1 aliphatic rings. The fourth-order valence-corrected chi connectivity index (χ4v) is 3.80. The van der Waals surface area contributed by atoms with E-state index in [2.05, 4.69) is 38.4 Å². The highest BCUT2D eigenvalue weighted by molar-refractivity contribution is 14.0. The largest absolute Gasteiger partial charge is 0.359 e. The number of nitrogens with one attached hydrogen (secondary N) is 2. The van der Waals surface area contributed by atoms with E-state index in [4.69, 9.17) is 16.6 Å². The molecule has 0 saturated carbocycles. The molecule has 1 aromatic rings. The predicted molar refractivity (Wildman–Crippen MR) is 127 cm³/mol. The Hall–Kier alpha value is -0.540. The number of carbonyl (C=O) groups excluding carboxylic acids is 1. The van der Waals surface area contributed by atoms with Crippen LogP contribution < -0.4 is 10.6 Å². The number of piperidine rings is 1. The second-order valence-corrected chi connectivity index (χ2v) is 7.82. The Morgan fingerprint density at radius 2 is 2.07 bits per heavy atom. The van der Waals surface area contributed by atoms with Gasteiger partial charge in [-0.05, 0) is 55.9 Å². The average molecular weight is 572 g/mol. The standard InChI is InChI=1S/C19H28BrClN4O.HI/c1-3-23-19(24-9-6-15-13-16(21)4-5-17(15)20)25-10-7-14(8-11-25)12-18(26)22-2;/h4-5,13-14H,3,6-12H2,1-2H3,(H,22,26)(H,23,24);1H. The summed E-state index contributed by atoms with van der Waals surface area (Å²) < 4.78 is 1.07. The summed E-state index contributed by atoms with van der Waals surface area (Å²) >= 11 is 9.66. The zero-order valence-corrected chi connectivity index (χ0v) is 20.6. The lowest BCUT2D eigenvalue weighted by Crippen LogP contribution is -2.46. The molecule has 1 fully saturated rings. The number of benzene rings is 1. The first-order chi connectivity index (χ1) is 12.5. The maximum atomic E-state index is 11.6. The molecular formula is C19H29BrClIN4O. The minimum Gasteiger partial charge on any atom is -0.359 e. The number of amides is 1. The summed E-state index contributed by atoms with van der Waals surface area (Å²) in [5.74, 6) is 1.57. The predicted octanol–water partition coefficient (Wildman–Crippen LogP) is 4.08. The molecule has 8 heteroatoms. The molecule has 0 bridgehead atoms. The summed E-state index contributed by atoms with van der Waals surface area (Å²) in [7, 11) is 1.70. The lowest BCUT2D eigenvalue weighted by molar-refractivity contribution is -0.121. The van der Waals surface area contributed by atoms with Crippen LogP contribution in [0.4, 0.5) is 0 Å². The summed E-state index contributed by atoms with van der Waals surface area (Å²) in [6, 6.07) is 5.84. The first-order valence-electron chi connectivity index (χ1n) is 9.21. The van der Waals surface area contributed by atoms with E-state index >= 15 is 0 Å². The number of rotatable bonds is 6. The van der Waals surface area contributed by atoms with E-state index in [1.165, 1.54) is 5.56 Å². The number of likely N-dealkylation sites (tertiary alicyclic amines) is 1. The zero-order valence-electron chi connectivity index (χ0n) is 15.9. The summed E-state index contributed by atoms with van der Waals surface area (Å²) in [5, 5.41) is 6.85. The molecule has 27 heavy (non-hydrogen) atoms. The van der Waals surface area contributed by atoms with Gasteiger partial charge in [0.05, 0.1) is 0 Å². The van der Waals surface area contributed by atoms with Crippen molar-refractivity contribution in [1.82, 2.24) is 15.5 Å². The fourth-order valence-electron chi connectivity index (χ4n) is 3.16. The van der Waals surface area contributed by atoms with Crippen molar-refractivity contribution in [3.05, 3.63) is 33.3 Å². The smallest absolute Gasteiger partial charge is 0.220 e. The quantitative estimate of drug-likeness (QED) is 0.308. The van der Waals surface area contributed by atoms with E-state index in [1.54, 1.807) is 7.05 Å². The molecule has 0 radical (unpaired) electrons. The molecule has 1 aromatic carbocycles. The summed E-state index contributed by atoms with van der Waals surface area (Å²) in [5.41, 5.74) is 1.17. The Morgan fingerprint density at radius 3 is 2.70 bits per heavy atom. The monoisotopic (exact) mass is 570 g/mol. The van der Waals surface area contributed by atoms with E-state index in [1.807, 2.05) is 18.2 Å². The van der Waals surface area contributed by atoms with Gasteiger partial charge < -0.3 is 15.5 Å². The van der Waals surface area contributed by atoms with Gasteiger partial charge in [-0.2, -0.15) is 0 Å². The minimum atomic E-state index is 0. The number of hydrogen-bond donors (Lipinski definition) is 2. The van der Waals surface area contributed by atoms with Gasteiger partial charge in [-0.3, -0.25) is 9.79 Å². The maximum absolute atomic E-state index is 11.6. The van der Waals surface area contributed by atoms with E-state index in [9.17, 15) is 4.79 Å². The lowest BCUT2D eigenvalue weighted by Gasteiger charge is -2.34. The van der Waals surface area contributed by atoms with Crippen LogP contribution in [0.1, 0.15) is 31.7 Å². The van der Waals surface area contributed by atoms with Crippen molar-refractivity contribution in [2.45, 2.75) is 32.6 Å². The Morgan fingerprint density at radius 1 is 1.37 bits per heavy atom. The molecule has 0 spiro atoms. The van der Waals surface area contributed by atoms with Crippen LogP contribution in [0.2, 0.25) is 5.02 Å². The van der Waals surface area contributed by atoms with E-state index in [0.29, 0.717) is 18.9 Å². The molecule has 1 saturated heterocycles. The molecule has 1 aliphatic heterocycles. The van der Waals surface area contributed by atoms with Crippen LogP contribution in [0.3, 0.4) is 0 Å². The van der Waals surface area contributed by atoms with Gasteiger partial charge in [-0.1, -0.05) is 27.5 Å². The number of hydrogen-bond acceptors (Lipinski definition) is 2. The fraction of sp³-hybridized carbons (Fsp3) is 0.579. The van der Waals surface area contributed by atoms with Crippen LogP contribution in [0.5, 0.6) is 0 Å². The number of guanidine groups is 1. The third kappa shape index (κ3) is 8.15. The van der Waals surface area contributed by atoms with E-state index in [-0.39, 0.29) is 29.9 Å². The zero-order chi connectivity index (χ0) is 18.9. The molecule has 0 aromatic heterocycles. The first kappa shape index (κ1) is 24.5. The van der Waals surface area contributed by atoms with Crippen molar-refractivity contribution < 1.29 is 4.79 Å². The number of aliphatic imine (C=N–C) groups is 1. The van der Waals surface area contributed by atoms with Gasteiger partial charge in [0.2, 0.25) is 5.91 Å². The lowest BCUT2D eigenvalue weighted by atomic mass is 9.93. The number of halogens is 3. The van der Waals surface area contributed by atoms with Crippen LogP contribution in [0, 0.1) is 5.92 Å². The SMILES string of the molecule is CCNC(=NCCc1cc(Cl)ccc1Br)N1CCC(CC(=O)NC)CC1.I. The minimum absolute atomic E-state index is 0. The van der Waals surface area contributed by atoms with E-state index in [0.717, 1.165) is 54.4 Å². The summed E-state index contributed by atoms with van der Waals surface area (Å²) in [4.78, 5) is 18.6. The molecule has 0 unspecified atom stereocenters. The van der Waals surface area contributed by atoms with Gasteiger partial charge >= 0.3 is 0 Å². The molecule has 1 heterocycles. The van der Waals surface area contributed by atoms with Crippen molar-refractivity contribution in [2.75, 3.05) is 33.2 Å². The Balaban J connectivity index is 0.00000364. The first-order valence-corrected chi connectivity index (χ1v) is 10.4. The molecule has 0 atom stereocenters. The van der Waals surface area contributed by atoms with Crippen molar-refractivity contribution in [3.8, 4) is 0 Å². The van der Waals surface area contributed by atoms with Crippen LogP contribution >= 0.6 is 51.5 Å². The second kappa shape index (κ2) is 12.8. The molecule has 5 nitrogen and oxygen atoms in total. The molecule has 2 N–H and O–H groups in total. The van der Waals surface area contributed by atoms with Crippen LogP contribution in [-0.2, 0) is 11.2 Å². The van der Waals surface area contributed by atoms with Crippen LogP contribution in [0.25, 0.3) is 0 Å². The normalized spacial score (nSPS) is 15.3.